The van der Waals surface area contributed by atoms with E-state index < -0.39 is 41.9 Å². The van der Waals surface area contributed by atoms with E-state index in [2.05, 4.69) is 0 Å². The number of rotatable bonds is 6. The topological polar surface area (TPSA) is 68.3 Å². The normalized spacial score (nSPS) is 21.1. The summed E-state index contributed by atoms with van der Waals surface area (Å²) in [6.45, 7) is 1.84. The van der Waals surface area contributed by atoms with E-state index in [1.165, 1.54) is 36.4 Å². The third-order valence-corrected chi connectivity index (χ3v) is 10.4. The maximum absolute atomic E-state index is 13.4. The van der Waals surface area contributed by atoms with Gasteiger partial charge in [0.25, 0.3) is 0 Å². The van der Waals surface area contributed by atoms with E-state index in [1.807, 2.05) is 6.92 Å². The molecule has 4 rings (SSSR count). The minimum atomic E-state index is -3.92. The molecule has 162 valence electrons. The van der Waals surface area contributed by atoms with Gasteiger partial charge < -0.3 is 0 Å². The smallest absolute Gasteiger partial charge is 0.183 e. The van der Waals surface area contributed by atoms with Crippen LogP contribution >= 0.6 is 11.6 Å². The molecule has 0 saturated heterocycles. The second-order valence-corrected chi connectivity index (χ2v) is 12.5. The Bertz CT molecular complexity index is 1300. The third-order valence-electron chi connectivity index (χ3n) is 5.55. The molecule has 0 aliphatic heterocycles. The Balaban J connectivity index is 1.73. The number of hydrogen-bond donors (Lipinski definition) is 0. The van der Waals surface area contributed by atoms with Crippen molar-refractivity contribution in [2.75, 3.05) is 0 Å². The maximum Gasteiger partial charge on any atom is 0.183 e. The molecule has 8 heteroatoms. The van der Waals surface area contributed by atoms with E-state index in [1.54, 1.807) is 36.4 Å². The van der Waals surface area contributed by atoms with Crippen molar-refractivity contribution in [3.8, 4) is 0 Å². The highest BCUT2D eigenvalue weighted by Crippen LogP contribution is 2.53. The molecule has 0 amide bonds. The van der Waals surface area contributed by atoms with Gasteiger partial charge in [0, 0.05) is 10.9 Å². The first-order chi connectivity index (χ1) is 14.6. The van der Waals surface area contributed by atoms with Crippen LogP contribution in [0.5, 0.6) is 0 Å². The minimum Gasteiger partial charge on any atom is -0.228 e. The minimum absolute atomic E-state index is 0.0828. The van der Waals surface area contributed by atoms with Gasteiger partial charge in [0.05, 0.1) is 21.1 Å². The lowest BCUT2D eigenvalue weighted by molar-refractivity contribution is 0.586. The molecular weight excluding hydrogens is 459 g/mol. The number of sulfone groups is 2. The van der Waals surface area contributed by atoms with Gasteiger partial charge in [0.1, 0.15) is 5.82 Å². The molecule has 4 nitrogen and oxygen atoms in total. The molecule has 1 aliphatic carbocycles. The summed E-state index contributed by atoms with van der Waals surface area (Å²) in [5.41, 5.74) is 1.92. The average molecular weight is 479 g/mol. The van der Waals surface area contributed by atoms with Crippen LogP contribution in [0.15, 0.2) is 77.7 Å². The van der Waals surface area contributed by atoms with Gasteiger partial charge in [-0.05, 0) is 54.4 Å². The summed E-state index contributed by atoms with van der Waals surface area (Å²) in [4.78, 5) is 0.0828. The first-order valence-corrected chi connectivity index (χ1v) is 13.3. The Morgan fingerprint density at radius 3 is 1.97 bits per heavy atom. The van der Waals surface area contributed by atoms with Crippen LogP contribution in [0.25, 0.3) is 0 Å². The zero-order valence-electron chi connectivity index (χ0n) is 16.6. The number of hydrogen-bond acceptors (Lipinski definition) is 4. The Kier molecular flexibility index (Phi) is 5.70. The standard InChI is InChI=1S/C23H20ClFO4S2/c1-15-2-12-20(13-3-15)31(28,29)23-21(17-6-10-19(25)11-7-17)22(23)30(26,27)14-16-4-8-18(24)9-5-16/h2-13,21-23H,14H2,1H3/t21-,22-,23?/m1/s1. The lowest BCUT2D eigenvalue weighted by atomic mass is 10.1. The first kappa shape index (κ1) is 22.0. The Morgan fingerprint density at radius 2 is 1.39 bits per heavy atom. The second-order valence-electron chi connectivity index (χ2n) is 7.80. The Hall–Kier alpha value is -2.22. The Morgan fingerprint density at radius 1 is 0.806 bits per heavy atom. The van der Waals surface area contributed by atoms with Crippen molar-refractivity contribution in [2.24, 2.45) is 0 Å². The molecule has 0 spiro atoms. The van der Waals surface area contributed by atoms with Crippen LogP contribution in [-0.4, -0.2) is 27.3 Å². The molecule has 0 radical (unpaired) electrons. The van der Waals surface area contributed by atoms with E-state index in [0.29, 0.717) is 16.1 Å². The van der Waals surface area contributed by atoms with Crippen molar-refractivity contribution < 1.29 is 21.2 Å². The molecule has 31 heavy (non-hydrogen) atoms. The molecule has 1 aliphatic rings. The number of benzene rings is 3. The maximum atomic E-state index is 13.4. The third kappa shape index (κ3) is 4.40. The van der Waals surface area contributed by atoms with Crippen LogP contribution in [0.4, 0.5) is 4.39 Å². The van der Waals surface area contributed by atoms with Crippen LogP contribution < -0.4 is 0 Å². The summed E-state index contributed by atoms with van der Waals surface area (Å²) >= 11 is 5.88. The highest BCUT2D eigenvalue weighted by atomic mass is 35.5. The predicted molar refractivity (Wildman–Crippen MR) is 119 cm³/mol. The van der Waals surface area contributed by atoms with Crippen LogP contribution in [-0.2, 0) is 25.4 Å². The summed E-state index contributed by atoms with van der Waals surface area (Å²) < 4.78 is 66.7. The fraction of sp³-hybridized carbons (Fsp3) is 0.217. The molecule has 0 N–H and O–H groups in total. The van der Waals surface area contributed by atoms with E-state index in [-0.39, 0.29) is 10.6 Å². The van der Waals surface area contributed by atoms with Gasteiger partial charge in [-0.25, -0.2) is 21.2 Å². The summed E-state index contributed by atoms with van der Waals surface area (Å²) in [7, 11) is -7.74. The Labute approximate surface area is 186 Å². The van der Waals surface area contributed by atoms with Crippen molar-refractivity contribution in [1.82, 2.24) is 0 Å². The summed E-state index contributed by atoms with van der Waals surface area (Å²) in [6, 6.07) is 18.1. The monoisotopic (exact) mass is 478 g/mol. The van der Waals surface area contributed by atoms with E-state index >= 15 is 0 Å². The summed E-state index contributed by atoms with van der Waals surface area (Å²) in [6.07, 6.45) is 0. The van der Waals surface area contributed by atoms with Crippen molar-refractivity contribution >= 4 is 31.3 Å². The van der Waals surface area contributed by atoms with E-state index in [9.17, 15) is 21.2 Å². The zero-order valence-corrected chi connectivity index (χ0v) is 19.0. The summed E-state index contributed by atoms with van der Waals surface area (Å²) in [5, 5.41) is -1.76. The van der Waals surface area contributed by atoms with Crippen LogP contribution in [0.2, 0.25) is 5.02 Å². The van der Waals surface area contributed by atoms with E-state index in [4.69, 9.17) is 11.6 Å². The fourth-order valence-electron chi connectivity index (χ4n) is 3.91. The first-order valence-electron chi connectivity index (χ1n) is 9.62. The second kappa shape index (κ2) is 8.04. The summed E-state index contributed by atoms with van der Waals surface area (Å²) in [5.74, 6) is -1.53. The highest BCUT2D eigenvalue weighted by molar-refractivity contribution is 7.96. The number of halogens is 2. The van der Waals surface area contributed by atoms with Gasteiger partial charge >= 0.3 is 0 Å². The van der Waals surface area contributed by atoms with Crippen LogP contribution in [0.3, 0.4) is 0 Å². The lowest BCUT2D eigenvalue weighted by Gasteiger charge is -2.06. The SMILES string of the molecule is Cc1ccc(S(=O)(=O)C2[C@H](c3ccc(F)cc3)[C@H]2S(=O)(=O)Cc2ccc(Cl)cc2)cc1. The van der Waals surface area contributed by atoms with Crippen molar-refractivity contribution in [3.05, 3.63) is 100 Å². The average Bonchev–Trinajstić information content (AvgIpc) is 3.48. The fourth-order valence-corrected chi connectivity index (χ4v) is 9.17. The largest absolute Gasteiger partial charge is 0.228 e. The molecule has 1 saturated carbocycles. The molecule has 3 aromatic rings. The molecule has 0 bridgehead atoms. The van der Waals surface area contributed by atoms with Crippen molar-refractivity contribution in [1.29, 1.82) is 0 Å². The molecule has 3 aromatic carbocycles. The predicted octanol–water partition coefficient (Wildman–Crippen LogP) is 4.71. The molecule has 0 heterocycles. The van der Waals surface area contributed by atoms with Gasteiger partial charge in [-0.1, -0.05) is 53.6 Å². The van der Waals surface area contributed by atoms with Crippen molar-refractivity contribution in [3.63, 3.8) is 0 Å². The zero-order chi connectivity index (χ0) is 22.4. The van der Waals surface area contributed by atoms with Gasteiger partial charge in [-0.15, -0.1) is 0 Å². The van der Waals surface area contributed by atoms with Gasteiger partial charge in [0.15, 0.2) is 19.7 Å². The van der Waals surface area contributed by atoms with E-state index in [0.717, 1.165) is 5.56 Å². The molecule has 0 aromatic heterocycles. The lowest BCUT2D eigenvalue weighted by Crippen LogP contribution is -2.19. The van der Waals surface area contributed by atoms with Crippen LogP contribution in [0.1, 0.15) is 22.6 Å². The molecule has 1 unspecified atom stereocenters. The highest BCUT2D eigenvalue weighted by Gasteiger charge is 2.64. The van der Waals surface area contributed by atoms with Gasteiger partial charge in [-0.2, -0.15) is 0 Å². The van der Waals surface area contributed by atoms with Crippen LogP contribution in [0, 0.1) is 12.7 Å². The van der Waals surface area contributed by atoms with Gasteiger partial charge in [0.2, 0.25) is 0 Å². The van der Waals surface area contributed by atoms with Crippen molar-refractivity contribution in [2.45, 2.75) is 34.0 Å². The molecular formula is C23H20ClFO4S2. The van der Waals surface area contributed by atoms with Gasteiger partial charge in [-0.3, -0.25) is 0 Å². The molecule has 3 atom stereocenters. The quantitative estimate of drug-likeness (QED) is 0.514. The number of aryl methyl sites for hydroxylation is 1. The molecule has 1 fully saturated rings.